The quantitative estimate of drug-likeness (QED) is 0.564. The van der Waals surface area contributed by atoms with Crippen LogP contribution in [0.25, 0.3) is 22.1 Å². The Bertz CT molecular complexity index is 1030. The molecule has 5 nitrogen and oxygen atoms in total. The summed E-state index contributed by atoms with van der Waals surface area (Å²) in [7, 11) is 2.08. The summed E-state index contributed by atoms with van der Waals surface area (Å²) >= 11 is 0. The number of hydrogen-bond donors (Lipinski definition) is 1. The number of para-hydroxylation sites is 4. The molecule has 0 aliphatic rings. The molecule has 4 aromatic rings. The van der Waals surface area contributed by atoms with Crippen molar-refractivity contribution in [2.45, 2.75) is 19.8 Å². The molecular weight excluding hydrogens is 310 g/mol. The molecule has 0 atom stereocenters. The molecule has 0 radical (unpaired) electrons. The molecule has 0 aliphatic heterocycles. The van der Waals surface area contributed by atoms with Crippen molar-refractivity contribution in [3.05, 3.63) is 60.0 Å². The predicted molar refractivity (Wildman–Crippen MR) is 102 cm³/mol. The van der Waals surface area contributed by atoms with Gasteiger partial charge >= 0.3 is 0 Å². The third-order valence-electron chi connectivity index (χ3n) is 4.49. The van der Waals surface area contributed by atoms with Crippen molar-refractivity contribution >= 4 is 27.9 Å². The summed E-state index contributed by atoms with van der Waals surface area (Å²) in [5.74, 6) is 1.98. The summed E-state index contributed by atoms with van der Waals surface area (Å²) in [4.78, 5) is 14.0. The molecule has 0 spiro atoms. The van der Waals surface area contributed by atoms with Gasteiger partial charge in [0, 0.05) is 20.0 Å². The molecule has 2 heterocycles. The molecule has 2 aromatic carbocycles. The summed E-state index contributed by atoms with van der Waals surface area (Å²) < 4.78 is 2.18. The minimum atomic E-state index is 0.844. The predicted octanol–water partition coefficient (Wildman–Crippen LogP) is 3.87. The number of rotatable bonds is 5. The average molecular weight is 331 g/mol. The summed E-state index contributed by atoms with van der Waals surface area (Å²) in [6.07, 6.45) is 1.92. The number of aromatic nitrogens is 4. The van der Waals surface area contributed by atoms with E-state index in [1.807, 2.05) is 37.3 Å². The number of benzene rings is 2. The number of fused-ring (bicyclic) bond motifs is 2. The van der Waals surface area contributed by atoms with Gasteiger partial charge in [0.25, 0.3) is 0 Å². The van der Waals surface area contributed by atoms with Crippen molar-refractivity contribution < 1.29 is 0 Å². The van der Waals surface area contributed by atoms with Crippen LogP contribution in [-0.2, 0) is 13.5 Å². The van der Waals surface area contributed by atoms with Gasteiger partial charge in [-0.25, -0.2) is 15.0 Å². The minimum Gasteiger partial charge on any atom is -0.369 e. The maximum absolute atomic E-state index is 4.72. The van der Waals surface area contributed by atoms with E-state index in [1.165, 1.54) is 5.52 Å². The molecule has 0 unspecified atom stereocenters. The van der Waals surface area contributed by atoms with E-state index in [0.717, 1.165) is 53.3 Å². The highest BCUT2D eigenvalue weighted by molar-refractivity contribution is 5.76. The fraction of sp³-hybridized carbons (Fsp3) is 0.250. The molecule has 1 N–H and O–H groups in total. The highest BCUT2D eigenvalue weighted by atomic mass is 15.1. The van der Waals surface area contributed by atoms with Crippen molar-refractivity contribution in [2.24, 2.45) is 7.05 Å². The van der Waals surface area contributed by atoms with Crippen molar-refractivity contribution in [1.29, 1.82) is 0 Å². The number of imidazole rings is 1. The molecule has 2 aromatic heterocycles. The zero-order valence-corrected chi connectivity index (χ0v) is 14.5. The van der Waals surface area contributed by atoms with Gasteiger partial charge in [-0.05, 0) is 37.6 Å². The lowest BCUT2D eigenvalue weighted by Crippen LogP contribution is -2.08. The third-order valence-corrected chi connectivity index (χ3v) is 4.49. The molecule has 4 rings (SSSR count). The summed E-state index contributed by atoms with van der Waals surface area (Å²) in [5.41, 5.74) is 5.03. The maximum atomic E-state index is 4.72. The number of nitrogens with zero attached hydrogens (tertiary/aromatic N) is 4. The second kappa shape index (κ2) is 6.51. The van der Waals surface area contributed by atoms with E-state index in [-0.39, 0.29) is 0 Å². The van der Waals surface area contributed by atoms with E-state index in [2.05, 4.69) is 45.1 Å². The van der Waals surface area contributed by atoms with Gasteiger partial charge in [-0.3, -0.25) is 0 Å². The number of aryl methyl sites for hydroxylation is 3. The Hall–Kier alpha value is -2.95. The van der Waals surface area contributed by atoms with Gasteiger partial charge in [0.1, 0.15) is 11.6 Å². The number of nitrogens with one attached hydrogen (secondary N) is 1. The van der Waals surface area contributed by atoms with Crippen LogP contribution in [0.5, 0.6) is 0 Å². The summed E-state index contributed by atoms with van der Waals surface area (Å²) in [5, 5.41) is 3.42. The monoisotopic (exact) mass is 331 g/mol. The van der Waals surface area contributed by atoms with Crippen LogP contribution < -0.4 is 5.32 Å². The first kappa shape index (κ1) is 15.6. The van der Waals surface area contributed by atoms with Gasteiger partial charge in [0.15, 0.2) is 0 Å². The lowest BCUT2D eigenvalue weighted by atomic mass is 10.2. The van der Waals surface area contributed by atoms with Crippen molar-refractivity contribution in [2.75, 3.05) is 11.9 Å². The minimum absolute atomic E-state index is 0.844. The SMILES string of the molecule is Cc1nc2ccccc2nc1NCCCc1nc2ccccc2n1C. The first-order valence-electron chi connectivity index (χ1n) is 8.60. The van der Waals surface area contributed by atoms with E-state index in [4.69, 9.17) is 4.98 Å². The van der Waals surface area contributed by atoms with Crippen LogP contribution >= 0.6 is 0 Å². The van der Waals surface area contributed by atoms with Crippen molar-refractivity contribution in [3.8, 4) is 0 Å². The zero-order valence-electron chi connectivity index (χ0n) is 14.5. The van der Waals surface area contributed by atoms with Gasteiger partial charge in [-0.2, -0.15) is 0 Å². The fourth-order valence-electron chi connectivity index (χ4n) is 3.13. The molecule has 126 valence electrons. The molecule has 0 amide bonds. The van der Waals surface area contributed by atoms with Gasteiger partial charge in [-0.15, -0.1) is 0 Å². The molecule has 0 saturated carbocycles. The van der Waals surface area contributed by atoms with E-state index in [0.29, 0.717) is 0 Å². The topological polar surface area (TPSA) is 55.6 Å². The fourth-order valence-corrected chi connectivity index (χ4v) is 3.13. The lowest BCUT2D eigenvalue weighted by molar-refractivity contribution is 0.752. The van der Waals surface area contributed by atoms with E-state index in [9.17, 15) is 0 Å². The van der Waals surface area contributed by atoms with Gasteiger partial charge in [0.2, 0.25) is 0 Å². The van der Waals surface area contributed by atoms with Gasteiger partial charge in [0.05, 0.1) is 27.8 Å². The molecule has 5 heteroatoms. The Kier molecular flexibility index (Phi) is 4.06. The van der Waals surface area contributed by atoms with Gasteiger partial charge in [-0.1, -0.05) is 24.3 Å². The maximum Gasteiger partial charge on any atom is 0.148 e. The Morgan fingerprint density at radius 2 is 1.56 bits per heavy atom. The van der Waals surface area contributed by atoms with Crippen LogP contribution in [0.4, 0.5) is 5.82 Å². The Labute approximate surface area is 146 Å². The Morgan fingerprint density at radius 3 is 2.32 bits per heavy atom. The molecular formula is C20H21N5. The number of hydrogen-bond acceptors (Lipinski definition) is 4. The summed E-state index contributed by atoms with van der Waals surface area (Å²) in [6, 6.07) is 16.2. The van der Waals surface area contributed by atoms with Crippen molar-refractivity contribution in [1.82, 2.24) is 19.5 Å². The zero-order chi connectivity index (χ0) is 17.2. The second-order valence-corrected chi connectivity index (χ2v) is 6.25. The molecule has 0 aliphatic carbocycles. The molecule has 0 bridgehead atoms. The van der Waals surface area contributed by atoms with Crippen LogP contribution in [0.1, 0.15) is 17.9 Å². The summed E-state index contributed by atoms with van der Waals surface area (Å²) in [6.45, 7) is 2.84. The average Bonchev–Trinajstić information content (AvgIpc) is 2.95. The van der Waals surface area contributed by atoms with E-state index >= 15 is 0 Å². The van der Waals surface area contributed by atoms with Crippen LogP contribution in [-0.4, -0.2) is 26.1 Å². The van der Waals surface area contributed by atoms with Crippen molar-refractivity contribution in [3.63, 3.8) is 0 Å². The first-order chi connectivity index (χ1) is 12.2. The van der Waals surface area contributed by atoms with Crippen LogP contribution in [0, 0.1) is 6.92 Å². The highest BCUT2D eigenvalue weighted by Crippen LogP contribution is 2.17. The Balaban J connectivity index is 1.42. The van der Waals surface area contributed by atoms with Gasteiger partial charge < -0.3 is 9.88 Å². The lowest BCUT2D eigenvalue weighted by Gasteiger charge is -2.09. The highest BCUT2D eigenvalue weighted by Gasteiger charge is 2.07. The van der Waals surface area contributed by atoms with E-state index < -0.39 is 0 Å². The van der Waals surface area contributed by atoms with Crippen LogP contribution in [0.2, 0.25) is 0 Å². The normalized spacial score (nSPS) is 11.3. The molecule has 0 saturated heterocycles. The first-order valence-corrected chi connectivity index (χ1v) is 8.60. The molecule has 0 fully saturated rings. The number of anilines is 1. The van der Waals surface area contributed by atoms with Crippen LogP contribution in [0.15, 0.2) is 48.5 Å². The van der Waals surface area contributed by atoms with E-state index in [1.54, 1.807) is 0 Å². The second-order valence-electron chi connectivity index (χ2n) is 6.25. The smallest absolute Gasteiger partial charge is 0.148 e. The molecule has 25 heavy (non-hydrogen) atoms. The Morgan fingerprint density at radius 1 is 0.880 bits per heavy atom. The third kappa shape index (κ3) is 3.05. The standard InChI is InChI=1S/C20H21N5/c1-14-20(24-16-9-4-3-8-15(16)22-14)21-13-7-12-19-23-17-10-5-6-11-18(17)25(19)2/h3-6,8-11H,7,12-13H2,1-2H3,(H,21,24). The van der Waals surface area contributed by atoms with Crippen LogP contribution in [0.3, 0.4) is 0 Å². The largest absolute Gasteiger partial charge is 0.369 e.